The smallest absolute Gasteiger partial charge is 0.268 e. The number of nitrogens with zero attached hydrogens (tertiary/aromatic N) is 2. The summed E-state index contributed by atoms with van der Waals surface area (Å²) in [5, 5.41) is 0. The molecule has 2 aromatic carbocycles. The Morgan fingerprint density at radius 1 is 1.00 bits per heavy atom. The zero-order chi connectivity index (χ0) is 21.9. The van der Waals surface area contributed by atoms with E-state index >= 15 is 0 Å². The number of aromatic nitrogens is 1. The van der Waals surface area contributed by atoms with Gasteiger partial charge in [-0.2, -0.15) is 0 Å². The predicted molar refractivity (Wildman–Crippen MR) is 103 cm³/mol. The van der Waals surface area contributed by atoms with Crippen LogP contribution in [0.15, 0.2) is 59.6 Å². The fourth-order valence-electron chi connectivity index (χ4n) is 2.74. The van der Waals surface area contributed by atoms with Gasteiger partial charge in [-0.05, 0) is 36.4 Å². The highest BCUT2D eigenvalue weighted by Crippen LogP contribution is 2.31. The number of halogens is 3. The highest BCUT2D eigenvalue weighted by atomic mass is 32.2. The maximum absolute atomic E-state index is 14.3. The third-order valence-electron chi connectivity index (χ3n) is 4.26. The third-order valence-corrected chi connectivity index (χ3v) is 6.03. The van der Waals surface area contributed by atoms with E-state index in [1.54, 1.807) is 18.2 Å². The van der Waals surface area contributed by atoms with E-state index < -0.39 is 32.4 Å². The van der Waals surface area contributed by atoms with Crippen molar-refractivity contribution in [3.63, 3.8) is 0 Å². The van der Waals surface area contributed by atoms with Crippen LogP contribution in [0.5, 0.6) is 11.5 Å². The summed E-state index contributed by atoms with van der Waals surface area (Å²) in [6.07, 6.45) is 0.824. The third kappa shape index (κ3) is 4.18. The summed E-state index contributed by atoms with van der Waals surface area (Å²) in [7, 11) is -1.77. The van der Waals surface area contributed by atoms with Crippen LogP contribution in [0.1, 0.15) is 5.56 Å². The van der Waals surface area contributed by atoms with Crippen molar-refractivity contribution in [3.05, 3.63) is 77.7 Å². The number of benzene rings is 2. The van der Waals surface area contributed by atoms with E-state index in [1.165, 1.54) is 14.2 Å². The Kier molecular flexibility index (Phi) is 6.16. The molecule has 0 saturated heterocycles. The summed E-state index contributed by atoms with van der Waals surface area (Å²) < 4.78 is 79.0. The fraction of sp³-hybridized carbons (Fsp3) is 0.150. The molecule has 0 bridgehead atoms. The maximum Gasteiger partial charge on any atom is 0.268 e. The second-order valence-electron chi connectivity index (χ2n) is 6.08. The van der Waals surface area contributed by atoms with E-state index in [0.29, 0.717) is 17.1 Å². The summed E-state index contributed by atoms with van der Waals surface area (Å²) >= 11 is 0. The fourth-order valence-corrected chi connectivity index (χ4v) is 4.22. The van der Waals surface area contributed by atoms with Crippen LogP contribution in [0.2, 0.25) is 0 Å². The average Bonchev–Trinajstić information content (AvgIpc) is 2.74. The zero-order valence-corrected chi connectivity index (χ0v) is 16.8. The Bertz CT molecular complexity index is 1160. The van der Waals surface area contributed by atoms with Crippen LogP contribution in [0, 0.1) is 17.5 Å². The Labute approximate surface area is 171 Å². The lowest BCUT2D eigenvalue weighted by Crippen LogP contribution is -2.32. The lowest BCUT2D eigenvalue weighted by molar-refractivity contribution is 0.391. The maximum atomic E-state index is 14.3. The molecule has 0 atom stereocenters. The van der Waals surface area contributed by atoms with Gasteiger partial charge < -0.3 is 9.47 Å². The van der Waals surface area contributed by atoms with Crippen molar-refractivity contribution in [3.8, 4) is 11.5 Å². The number of hydrogen-bond donors (Lipinski definition) is 0. The first kappa shape index (κ1) is 21.4. The molecule has 10 heteroatoms. The first-order valence-corrected chi connectivity index (χ1v) is 10.0. The number of anilines is 1. The molecule has 0 saturated carbocycles. The van der Waals surface area contributed by atoms with E-state index in [9.17, 15) is 21.6 Å². The standard InChI is InChI=1S/C20H17F3N2O4S/c1-28-15-8-6-13(17(10-15)29-2)12-25(19-9-7-14(21)11-24-19)30(26,27)18-5-3-4-16(22)20(18)23/h3-11H,12H2,1-2H3. The van der Waals surface area contributed by atoms with Gasteiger partial charge in [-0.15, -0.1) is 0 Å². The van der Waals surface area contributed by atoms with Gasteiger partial charge in [0.1, 0.15) is 28.0 Å². The van der Waals surface area contributed by atoms with Gasteiger partial charge in [0.05, 0.1) is 27.0 Å². The molecule has 3 aromatic rings. The summed E-state index contributed by atoms with van der Waals surface area (Å²) in [6, 6.07) is 9.65. The number of ether oxygens (including phenoxy) is 2. The lowest BCUT2D eigenvalue weighted by Gasteiger charge is -2.24. The molecule has 0 unspecified atom stereocenters. The number of rotatable bonds is 7. The number of methoxy groups -OCH3 is 2. The van der Waals surface area contributed by atoms with Gasteiger partial charge in [0.2, 0.25) is 0 Å². The molecule has 3 rings (SSSR count). The van der Waals surface area contributed by atoms with Gasteiger partial charge in [-0.1, -0.05) is 6.07 Å². The first-order chi connectivity index (χ1) is 14.3. The Morgan fingerprint density at radius 2 is 1.77 bits per heavy atom. The number of hydrogen-bond acceptors (Lipinski definition) is 5. The van der Waals surface area contributed by atoms with Crippen molar-refractivity contribution in [2.75, 3.05) is 18.5 Å². The summed E-state index contributed by atoms with van der Waals surface area (Å²) in [5.41, 5.74) is 0.393. The second-order valence-corrected chi connectivity index (χ2v) is 7.91. The number of pyridine rings is 1. The normalized spacial score (nSPS) is 11.2. The van der Waals surface area contributed by atoms with Crippen LogP contribution in [0.4, 0.5) is 19.0 Å². The van der Waals surface area contributed by atoms with Crippen LogP contribution in [0.3, 0.4) is 0 Å². The van der Waals surface area contributed by atoms with Gasteiger partial charge in [-0.3, -0.25) is 0 Å². The summed E-state index contributed by atoms with van der Waals surface area (Å²) in [4.78, 5) is 2.92. The van der Waals surface area contributed by atoms with Crippen LogP contribution in [-0.2, 0) is 16.6 Å². The molecule has 0 aliphatic rings. The van der Waals surface area contributed by atoms with Gasteiger partial charge in [-0.25, -0.2) is 30.9 Å². The van der Waals surface area contributed by atoms with Crippen LogP contribution >= 0.6 is 0 Å². The highest BCUT2D eigenvalue weighted by Gasteiger charge is 2.31. The molecule has 158 valence electrons. The van der Waals surface area contributed by atoms with Crippen molar-refractivity contribution >= 4 is 15.8 Å². The van der Waals surface area contributed by atoms with E-state index in [1.807, 2.05) is 0 Å². The van der Waals surface area contributed by atoms with Gasteiger partial charge in [0.15, 0.2) is 11.6 Å². The quantitative estimate of drug-likeness (QED) is 0.560. The molecule has 6 nitrogen and oxygen atoms in total. The van der Waals surface area contributed by atoms with Crippen LogP contribution in [-0.4, -0.2) is 27.6 Å². The van der Waals surface area contributed by atoms with Crippen LogP contribution < -0.4 is 13.8 Å². The molecule has 1 aromatic heterocycles. The molecular formula is C20H17F3N2O4S. The second kappa shape index (κ2) is 8.62. The first-order valence-electron chi connectivity index (χ1n) is 8.57. The molecule has 0 aliphatic carbocycles. The summed E-state index contributed by atoms with van der Waals surface area (Å²) in [5.74, 6) is -2.93. The predicted octanol–water partition coefficient (Wildman–Crippen LogP) is 3.91. The van der Waals surface area contributed by atoms with E-state index in [4.69, 9.17) is 9.47 Å². The van der Waals surface area contributed by atoms with E-state index in [2.05, 4.69) is 4.98 Å². The minimum absolute atomic E-state index is 0.182. The molecule has 30 heavy (non-hydrogen) atoms. The molecular weight excluding hydrogens is 421 g/mol. The van der Waals surface area contributed by atoms with Crippen molar-refractivity contribution in [2.24, 2.45) is 0 Å². The SMILES string of the molecule is COc1ccc(CN(c2ccc(F)cn2)S(=O)(=O)c2cccc(F)c2F)c(OC)c1. The van der Waals surface area contributed by atoms with Crippen molar-refractivity contribution in [1.82, 2.24) is 4.98 Å². The molecule has 0 N–H and O–H groups in total. The Hall–Kier alpha value is -3.27. The Balaban J connectivity index is 2.15. The van der Waals surface area contributed by atoms with E-state index in [-0.39, 0.29) is 12.4 Å². The monoisotopic (exact) mass is 438 g/mol. The number of sulfonamides is 1. The molecule has 0 fully saturated rings. The minimum Gasteiger partial charge on any atom is -0.497 e. The topological polar surface area (TPSA) is 68.7 Å². The van der Waals surface area contributed by atoms with E-state index in [0.717, 1.165) is 40.8 Å². The molecule has 0 spiro atoms. The van der Waals surface area contributed by atoms with Crippen molar-refractivity contribution in [1.29, 1.82) is 0 Å². The lowest BCUT2D eigenvalue weighted by atomic mass is 10.2. The largest absolute Gasteiger partial charge is 0.497 e. The molecule has 0 aliphatic heterocycles. The van der Waals surface area contributed by atoms with Crippen molar-refractivity contribution in [2.45, 2.75) is 11.4 Å². The zero-order valence-electron chi connectivity index (χ0n) is 16.0. The molecule has 0 radical (unpaired) electrons. The molecule has 0 amide bonds. The van der Waals surface area contributed by atoms with Gasteiger partial charge in [0, 0.05) is 11.6 Å². The molecule has 1 heterocycles. The van der Waals surface area contributed by atoms with Gasteiger partial charge in [0.25, 0.3) is 10.0 Å². The average molecular weight is 438 g/mol. The van der Waals surface area contributed by atoms with Crippen molar-refractivity contribution < 1.29 is 31.1 Å². The van der Waals surface area contributed by atoms with Gasteiger partial charge >= 0.3 is 0 Å². The minimum atomic E-state index is -4.61. The van der Waals surface area contributed by atoms with Crippen LogP contribution in [0.25, 0.3) is 0 Å². The Morgan fingerprint density at radius 3 is 2.40 bits per heavy atom. The highest BCUT2D eigenvalue weighted by molar-refractivity contribution is 7.92. The summed E-state index contributed by atoms with van der Waals surface area (Å²) in [6.45, 7) is -0.343.